The molecule has 0 aliphatic carbocycles. The zero-order valence-corrected chi connectivity index (χ0v) is 14.3. The van der Waals surface area contributed by atoms with E-state index in [0.717, 1.165) is 31.9 Å². The van der Waals surface area contributed by atoms with Crippen molar-refractivity contribution in [2.75, 3.05) is 37.5 Å². The molecule has 6 nitrogen and oxygen atoms in total. The van der Waals surface area contributed by atoms with Gasteiger partial charge in [0.2, 0.25) is 0 Å². The monoisotopic (exact) mass is 322 g/mol. The van der Waals surface area contributed by atoms with Gasteiger partial charge in [0.25, 0.3) is 0 Å². The average Bonchev–Trinajstić information content (AvgIpc) is 2.96. The zero-order valence-electron chi connectivity index (χ0n) is 14.3. The van der Waals surface area contributed by atoms with Crippen molar-refractivity contribution in [2.45, 2.75) is 32.8 Å². The highest BCUT2D eigenvalue weighted by atomic mass is 16.6. The first-order valence-corrected chi connectivity index (χ1v) is 7.87. The highest BCUT2D eigenvalue weighted by molar-refractivity contribution is 5.88. The Balaban J connectivity index is 2.01. The van der Waals surface area contributed by atoms with Crippen molar-refractivity contribution < 1.29 is 19.0 Å². The summed E-state index contributed by atoms with van der Waals surface area (Å²) < 4.78 is 15.9. The van der Waals surface area contributed by atoms with Crippen LogP contribution in [-0.4, -0.2) is 38.6 Å². The van der Waals surface area contributed by atoms with E-state index in [2.05, 4.69) is 10.6 Å². The molecule has 1 aliphatic heterocycles. The number of carbonyl (C=O) groups excluding carboxylic acids is 1. The van der Waals surface area contributed by atoms with Gasteiger partial charge in [-0.25, -0.2) is 4.79 Å². The number of hydrogen-bond acceptors (Lipinski definition) is 5. The second-order valence-electron chi connectivity index (χ2n) is 6.65. The molecule has 1 heterocycles. The Hall–Kier alpha value is -1.95. The standard InChI is InChI=1S/C17H26N2O4/c1-17(2,3)23-16(20)19-14-9-13(5-6-15(14)21-4)18-10-12-7-8-22-11-12/h5-6,9,12,18H,7-8,10-11H2,1-4H3,(H,19,20). The van der Waals surface area contributed by atoms with Gasteiger partial charge in [-0.2, -0.15) is 0 Å². The van der Waals surface area contributed by atoms with E-state index in [1.807, 2.05) is 39.0 Å². The Morgan fingerprint density at radius 3 is 2.78 bits per heavy atom. The highest BCUT2D eigenvalue weighted by Crippen LogP contribution is 2.28. The van der Waals surface area contributed by atoms with Gasteiger partial charge in [0.05, 0.1) is 19.4 Å². The highest BCUT2D eigenvalue weighted by Gasteiger charge is 2.18. The maximum absolute atomic E-state index is 11.9. The van der Waals surface area contributed by atoms with Crippen LogP contribution in [0.15, 0.2) is 18.2 Å². The lowest BCUT2D eigenvalue weighted by molar-refractivity contribution is 0.0635. The predicted octanol–water partition coefficient (Wildman–Crippen LogP) is 3.49. The topological polar surface area (TPSA) is 68.8 Å². The van der Waals surface area contributed by atoms with Gasteiger partial charge in [-0.05, 0) is 45.4 Å². The third kappa shape index (κ3) is 5.63. The Labute approximate surface area is 137 Å². The van der Waals surface area contributed by atoms with Gasteiger partial charge in [-0.3, -0.25) is 5.32 Å². The van der Waals surface area contributed by atoms with Crippen LogP contribution in [0.5, 0.6) is 5.75 Å². The molecule has 1 aliphatic rings. The van der Waals surface area contributed by atoms with Crippen molar-refractivity contribution in [1.82, 2.24) is 0 Å². The summed E-state index contributed by atoms with van der Waals surface area (Å²) >= 11 is 0. The zero-order chi connectivity index (χ0) is 16.9. The van der Waals surface area contributed by atoms with E-state index < -0.39 is 11.7 Å². The minimum atomic E-state index is -0.546. The van der Waals surface area contributed by atoms with Gasteiger partial charge in [0.1, 0.15) is 11.4 Å². The Kier molecular flexibility index (Phi) is 5.71. The van der Waals surface area contributed by atoms with Crippen molar-refractivity contribution >= 4 is 17.5 Å². The molecular weight excluding hydrogens is 296 g/mol. The number of anilines is 2. The molecule has 1 atom stereocenters. The lowest BCUT2D eigenvalue weighted by atomic mass is 10.1. The summed E-state index contributed by atoms with van der Waals surface area (Å²) in [5.74, 6) is 1.12. The van der Waals surface area contributed by atoms with Crippen LogP contribution in [0.1, 0.15) is 27.2 Å². The molecule has 0 radical (unpaired) electrons. The van der Waals surface area contributed by atoms with Crippen molar-refractivity contribution in [3.05, 3.63) is 18.2 Å². The third-order valence-corrected chi connectivity index (χ3v) is 3.45. The molecule has 128 valence electrons. The first-order chi connectivity index (χ1) is 10.9. The third-order valence-electron chi connectivity index (χ3n) is 3.45. The van der Waals surface area contributed by atoms with Crippen LogP contribution in [0.2, 0.25) is 0 Å². The lowest BCUT2D eigenvalue weighted by Gasteiger charge is -2.20. The molecule has 6 heteroatoms. The number of carbonyl (C=O) groups is 1. The van der Waals surface area contributed by atoms with Gasteiger partial charge in [-0.15, -0.1) is 0 Å². The number of benzene rings is 1. The first kappa shape index (κ1) is 17.4. The number of nitrogens with one attached hydrogen (secondary N) is 2. The van der Waals surface area contributed by atoms with Gasteiger partial charge in [-0.1, -0.05) is 0 Å². The molecule has 1 aromatic carbocycles. The van der Waals surface area contributed by atoms with Crippen LogP contribution >= 0.6 is 0 Å². The Morgan fingerprint density at radius 2 is 2.17 bits per heavy atom. The van der Waals surface area contributed by atoms with Crippen molar-refractivity contribution in [2.24, 2.45) is 5.92 Å². The van der Waals surface area contributed by atoms with E-state index in [-0.39, 0.29) is 0 Å². The number of rotatable bonds is 5. The summed E-state index contributed by atoms with van der Waals surface area (Å²) in [4.78, 5) is 11.9. The number of methoxy groups -OCH3 is 1. The summed E-state index contributed by atoms with van der Waals surface area (Å²) in [5, 5.41) is 6.11. The minimum absolute atomic E-state index is 0.503. The number of hydrogen-bond donors (Lipinski definition) is 2. The summed E-state index contributed by atoms with van der Waals surface area (Å²) in [6.07, 6.45) is 0.573. The molecule has 1 saturated heterocycles. The van der Waals surface area contributed by atoms with Crippen LogP contribution in [0.3, 0.4) is 0 Å². The van der Waals surface area contributed by atoms with Gasteiger partial charge >= 0.3 is 6.09 Å². The molecule has 1 amide bonds. The van der Waals surface area contributed by atoms with Crippen LogP contribution in [0.4, 0.5) is 16.2 Å². The van der Waals surface area contributed by atoms with E-state index >= 15 is 0 Å². The molecule has 0 aromatic heterocycles. The predicted molar refractivity (Wildman–Crippen MR) is 90.3 cm³/mol. The normalized spacial score (nSPS) is 17.7. The van der Waals surface area contributed by atoms with Crippen LogP contribution in [0.25, 0.3) is 0 Å². The van der Waals surface area contributed by atoms with Crippen LogP contribution in [-0.2, 0) is 9.47 Å². The maximum atomic E-state index is 11.9. The molecular formula is C17H26N2O4. The van der Waals surface area contributed by atoms with E-state index in [1.54, 1.807) is 7.11 Å². The van der Waals surface area contributed by atoms with Crippen LogP contribution in [0, 0.1) is 5.92 Å². The van der Waals surface area contributed by atoms with E-state index in [4.69, 9.17) is 14.2 Å². The molecule has 0 spiro atoms. The lowest BCUT2D eigenvalue weighted by Crippen LogP contribution is -2.27. The van der Waals surface area contributed by atoms with Gasteiger partial charge in [0.15, 0.2) is 0 Å². The molecule has 23 heavy (non-hydrogen) atoms. The fourth-order valence-electron chi connectivity index (χ4n) is 2.34. The van der Waals surface area contributed by atoms with Gasteiger partial charge in [0, 0.05) is 24.8 Å². The quantitative estimate of drug-likeness (QED) is 0.868. The second-order valence-corrected chi connectivity index (χ2v) is 6.65. The largest absolute Gasteiger partial charge is 0.495 e. The molecule has 2 rings (SSSR count). The fourth-order valence-corrected chi connectivity index (χ4v) is 2.34. The van der Waals surface area contributed by atoms with Crippen molar-refractivity contribution in [1.29, 1.82) is 0 Å². The average molecular weight is 322 g/mol. The van der Waals surface area contributed by atoms with E-state index in [9.17, 15) is 4.79 Å². The SMILES string of the molecule is COc1ccc(NCC2CCOC2)cc1NC(=O)OC(C)(C)C. The minimum Gasteiger partial charge on any atom is -0.495 e. The van der Waals surface area contributed by atoms with Gasteiger partial charge < -0.3 is 19.5 Å². The van der Waals surface area contributed by atoms with E-state index in [1.165, 1.54) is 0 Å². The molecule has 1 fully saturated rings. The smallest absolute Gasteiger partial charge is 0.412 e. The summed E-state index contributed by atoms with van der Waals surface area (Å²) in [7, 11) is 1.57. The molecule has 0 bridgehead atoms. The summed E-state index contributed by atoms with van der Waals surface area (Å²) in [5.41, 5.74) is 0.952. The second kappa shape index (κ2) is 7.55. The number of ether oxygens (including phenoxy) is 3. The Bertz CT molecular complexity index is 534. The molecule has 1 unspecified atom stereocenters. The summed E-state index contributed by atoms with van der Waals surface area (Å²) in [6, 6.07) is 5.59. The molecule has 2 N–H and O–H groups in total. The molecule has 0 saturated carbocycles. The van der Waals surface area contributed by atoms with E-state index in [0.29, 0.717) is 17.4 Å². The Morgan fingerprint density at radius 1 is 1.39 bits per heavy atom. The van der Waals surface area contributed by atoms with Crippen molar-refractivity contribution in [3.63, 3.8) is 0 Å². The number of amides is 1. The first-order valence-electron chi connectivity index (χ1n) is 7.87. The maximum Gasteiger partial charge on any atom is 0.412 e. The summed E-state index contributed by atoms with van der Waals surface area (Å²) in [6.45, 7) is 7.95. The van der Waals surface area contributed by atoms with Crippen molar-refractivity contribution in [3.8, 4) is 5.75 Å². The molecule has 1 aromatic rings. The van der Waals surface area contributed by atoms with Crippen LogP contribution < -0.4 is 15.4 Å². The fraction of sp³-hybridized carbons (Fsp3) is 0.588.